The third-order valence-corrected chi connectivity index (χ3v) is 5.01. The fourth-order valence-electron chi connectivity index (χ4n) is 3.23. The van der Waals surface area contributed by atoms with Gasteiger partial charge in [0.05, 0.1) is 11.1 Å². The number of hydrogen-bond donors (Lipinski definition) is 1. The third kappa shape index (κ3) is 4.48. The number of carbonyl (C=O) groups excluding carboxylic acids is 1. The lowest BCUT2D eigenvalue weighted by Gasteiger charge is -2.19. The van der Waals surface area contributed by atoms with Crippen molar-refractivity contribution < 1.29 is 4.79 Å². The summed E-state index contributed by atoms with van der Waals surface area (Å²) in [5, 5.41) is 9.56. The lowest BCUT2D eigenvalue weighted by Crippen LogP contribution is -2.29. The van der Waals surface area contributed by atoms with Crippen LogP contribution in [-0.2, 0) is 12.0 Å². The summed E-state index contributed by atoms with van der Waals surface area (Å²) < 4.78 is 1.35. The number of aromatic nitrogens is 2. The van der Waals surface area contributed by atoms with Crippen LogP contribution in [0, 0.1) is 0 Å². The van der Waals surface area contributed by atoms with Crippen molar-refractivity contribution in [2.75, 3.05) is 0 Å². The summed E-state index contributed by atoms with van der Waals surface area (Å²) >= 11 is 0. The molecule has 1 amide bonds. The van der Waals surface area contributed by atoms with Gasteiger partial charge >= 0.3 is 0 Å². The van der Waals surface area contributed by atoms with E-state index in [2.05, 4.69) is 48.5 Å². The van der Waals surface area contributed by atoms with Crippen molar-refractivity contribution in [1.82, 2.24) is 15.2 Å². The summed E-state index contributed by atoms with van der Waals surface area (Å²) in [6.45, 7) is 10.7. The molecule has 6 nitrogen and oxygen atoms in total. The van der Waals surface area contributed by atoms with Crippen molar-refractivity contribution in [3.05, 3.63) is 75.7 Å². The molecule has 0 aliphatic carbocycles. The normalized spacial score (nSPS) is 12.2. The molecule has 30 heavy (non-hydrogen) atoms. The largest absolute Gasteiger partial charge is 0.292 e. The van der Waals surface area contributed by atoms with E-state index in [0.717, 1.165) is 12.0 Å². The Bertz CT molecular complexity index is 1150. The van der Waals surface area contributed by atoms with Gasteiger partial charge in [-0.25, -0.2) is 10.1 Å². The number of aryl methyl sites for hydroxylation is 1. The maximum absolute atomic E-state index is 12.9. The van der Waals surface area contributed by atoms with Crippen molar-refractivity contribution >= 4 is 22.4 Å². The van der Waals surface area contributed by atoms with E-state index < -0.39 is 5.91 Å². The first-order valence-electron chi connectivity index (χ1n) is 10.2. The van der Waals surface area contributed by atoms with E-state index in [-0.39, 0.29) is 16.7 Å². The molecule has 0 saturated heterocycles. The molecule has 0 aliphatic rings. The van der Waals surface area contributed by atoms with Gasteiger partial charge in [0.1, 0.15) is 0 Å². The van der Waals surface area contributed by atoms with Gasteiger partial charge in [-0.2, -0.15) is 10.2 Å². The van der Waals surface area contributed by atoms with Gasteiger partial charge in [0.25, 0.3) is 11.5 Å². The highest BCUT2D eigenvalue weighted by molar-refractivity contribution is 6.06. The fourth-order valence-corrected chi connectivity index (χ4v) is 3.23. The van der Waals surface area contributed by atoms with E-state index in [9.17, 15) is 9.59 Å². The van der Waals surface area contributed by atoms with Crippen LogP contribution in [0.4, 0.5) is 0 Å². The second-order valence-electron chi connectivity index (χ2n) is 8.39. The molecule has 156 valence electrons. The Kier molecular flexibility index (Phi) is 6.15. The molecule has 1 aromatic heterocycles. The summed E-state index contributed by atoms with van der Waals surface area (Å²) in [6, 6.07) is 15.2. The van der Waals surface area contributed by atoms with Crippen LogP contribution in [0.2, 0.25) is 0 Å². The maximum Gasteiger partial charge on any atom is 0.292 e. The van der Waals surface area contributed by atoms with Gasteiger partial charge in [-0.15, -0.1) is 0 Å². The molecule has 2 aromatic carbocycles. The number of carbonyl (C=O) groups is 1. The van der Waals surface area contributed by atoms with Gasteiger partial charge in [0.15, 0.2) is 5.69 Å². The Morgan fingerprint density at radius 2 is 1.70 bits per heavy atom. The SMILES string of the molecule is CCCn1nc(C(=O)N/N=C(/C)c2ccc(C(C)(C)C)cc2)c2ccccc2c1=O. The summed E-state index contributed by atoms with van der Waals surface area (Å²) in [5.41, 5.74) is 5.52. The number of amides is 1. The highest BCUT2D eigenvalue weighted by atomic mass is 16.2. The molecule has 6 heteroatoms. The van der Waals surface area contributed by atoms with Crippen LogP contribution in [0.3, 0.4) is 0 Å². The van der Waals surface area contributed by atoms with Crippen molar-refractivity contribution in [3.63, 3.8) is 0 Å². The van der Waals surface area contributed by atoms with E-state index in [0.29, 0.717) is 23.0 Å². The quantitative estimate of drug-likeness (QED) is 0.510. The second-order valence-corrected chi connectivity index (χ2v) is 8.39. The number of fused-ring (bicyclic) bond motifs is 1. The number of rotatable bonds is 5. The molecule has 3 rings (SSSR count). The van der Waals surface area contributed by atoms with Gasteiger partial charge in [0, 0.05) is 11.9 Å². The number of nitrogens with one attached hydrogen (secondary N) is 1. The zero-order valence-corrected chi connectivity index (χ0v) is 18.2. The molecule has 0 spiro atoms. The Labute approximate surface area is 176 Å². The molecule has 0 aliphatic heterocycles. The Morgan fingerprint density at radius 1 is 1.07 bits per heavy atom. The minimum Gasteiger partial charge on any atom is -0.267 e. The molecule has 1 heterocycles. The number of hydrazone groups is 1. The molecule has 0 atom stereocenters. The first-order chi connectivity index (χ1) is 14.2. The Balaban J connectivity index is 1.89. The van der Waals surface area contributed by atoms with E-state index in [1.54, 1.807) is 24.3 Å². The zero-order valence-electron chi connectivity index (χ0n) is 18.2. The summed E-state index contributed by atoms with van der Waals surface area (Å²) in [4.78, 5) is 25.4. The van der Waals surface area contributed by atoms with Crippen LogP contribution in [0.1, 0.15) is 62.7 Å². The number of nitrogens with zero attached hydrogens (tertiary/aromatic N) is 3. The second kappa shape index (κ2) is 8.61. The van der Waals surface area contributed by atoms with Crippen LogP contribution in [0.15, 0.2) is 58.4 Å². The van der Waals surface area contributed by atoms with Crippen LogP contribution >= 0.6 is 0 Å². The Morgan fingerprint density at radius 3 is 2.30 bits per heavy atom. The molecule has 0 unspecified atom stereocenters. The van der Waals surface area contributed by atoms with Crippen molar-refractivity contribution in [2.24, 2.45) is 5.10 Å². The molecule has 1 N–H and O–H groups in total. The highest BCUT2D eigenvalue weighted by Gasteiger charge is 2.17. The average molecular weight is 405 g/mol. The molecular weight excluding hydrogens is 376 g/mol. The summed E-state index contributed by atoms with van der Waals surface area (Å²) in [5.74, 6) is -0.443. The summed E-state index contributed by atoms with van der Waals surface area (Å²) in [7, 11) is 0. The van der Waals surface area contributed by atoms with Gasteiger partial charge in [-0.1, -0.05) is 70.2 Å². The smallest absolute Gasteiger partial charge is 0.267 e. The van der Waals surface area contributed by atoms with Gasteiger partial charge < -0.3 is 0 Å². The lowest BCUT2D eigenvalue weighted by molar-refractivity contribution is 0.0949. The molecular formula is C24H28N4O2. The molecule has 0 radical (unpaired) electrons. The highest BCUT2D eigenvalue weighted by Crippen LogP contribution is 2.22. The monoisotopic (exact) mass is 404 g/mol. The predicted octanol–water partition coefficient (Wildman–Crippen LogP) is 4.26. The maximum atomic E-state index is 12.9. The van der Waals surface area contributed by atoms with Gasteiger partial charge in [-0.05, 0) is 36.0 Å². The lowest BCUT2D eigenvalue weighted by atomic mass is 9.86. The molecule has 0 saturated carbocycles. The van der Waals surface area contributed by atoms with E-state index in [4.69, 9.17) is 0 Å². The molecule has 3 aromatic rings. The standard InChI is InChI=1S/C24H28N4O2/c1-6-15-28-23(30)20-10-8-7-9-19(20)21(27-28)22(29)26-25-16(2)17-11-13-18(14-12-17)24(3,4)5/h7-14H,6,15H2,1-5H3,(H,26,29)/b25-16-. The predicted molar refractivity (Wildman–Crippen MR) is 121 cm³/mol. The van der Waals surface area contributed by atoms with Crippen LogP contribution in [0.5, 0.6) is 0 Å². The van der Waals surface area contributed by atoms with Gasteiger partial charge in [0.2, 0.25) is 0 Å². The number of hydrogen-bond acceptors (Lipinski definition) is 4. The minimum atomic E-state index is -0.443. The van der Waals surface area contributed by atoms with Crippen molar-refractivity contribution in [3.8, 4) is 0 Å². The first-order valence-corrected chi connectivity index (χ1v) is 10.2. The zero-order chi connectivity index (χ0) is 21.9. The first kappa shape index (κ1) is 21.4. The number of benzene rings is 2. The van der Waals surface area contributed by atoms with Crippen LogP contribution < -0.4 is 11.0 Å². The fraction of sp³-hybridized carbons (Fsp3) is 0.333. The van der Waals surface area contributed by atoms with E-state index >= 15 is 0 Å². The topological polar surface area (TPSA) is 76.3 Å². The molecule has 0 fully saturated rings. The third-order valence-electron chi connectivity index (χ3n) is 5.01. The Hall–Kier alpha value is -3.28. The van der Waals surface area contributed by atoms with Gasteiger partial charge in [-0.3, -0.25) is 9.59 Å². The van der Waals surface area contributed by atoms with E-state index in [1.807, 2.05) is 26.0 Å². The minimum absolute atomic E-state index is 0.0755. The van der Waals surface area contributed by atoms with Crippen LogP contribution in [0.25, 0.3) is 10.8 Å². The molecule has 0 bridgehead atoms. The summed E-state index contributed by atoms with van der Waals surface area (Å²) in [6.07, 6.45) is 0.744. The van der Waals surface area contributed by atoms with E-state index in [1.165, 1.54) is 10.2 Å². The van der Waals surface area contributed by atoms with Crippen LogP contribution in [-0.4, -0.2) is 21.4 Å². The van der Waals surface area contributed by atoms with Crippen molar-refractivity contribution in [1.29, 1.82) is 0 Å². The average Bonchev–Trinajstić information content (AvgIpc) is 2.73. The van der Waals surface area contributed by atoms with Crippen molar-refractivity contribution in [2.45, 2.75) is 53.0 Å².